The third-order valence-corrected chi connectivity index (χ3v) is 2.86. The van der Waals surface area contributed by atoms with Crippen molar-refractivity contribution in [3.63, 3.8) is 0 Å². The minimum atomic E-state index is -0.490. The first-order valence-electron chi connectivity index (χ1n) is 5.90. The van der Waals surface area contributed by atoms with Gasteiger partial charge in [-0.05, 0) is 45.1 Å². The molecule has 1 fully saturated rings. The lowest BCUT2D eigenvalue weighted by Gasteiger charge is -2.23. The topological polar surface area (TPSA) is 78.3 Å². The first-order valence-corrected chi connectivity index (χ1v) is 5.90. The molecule has 0 spiro atoms. The number of nitrogens with two attached hydrogens (primary N) is 2. The van der Waals surface area contributed by atoms with Gasteiger partial charge in [-0.1, -0.05) is 6.42 Å². The van der Waals surface area contributed by atoms with Crippen molar-refractivity contribution in [3.8, 4) is 0 Å². The van der Waals surface area contributed by atoms with Crippen molar-refractivity contribution in [2.75, 3.05) is 6.54 Å². The van der Waals surface area contributed by atoms with E-state index >= 15 is 0 Å². The molecule has 1 saturated carbocycles. The molecule has 0 unspecified atom stereocenters. The molecule has 1 rings (SSSR count). The van der Waals surface area contributed by atoms with Crippen molar-refractivity contribution in [3.05, 3.63) is 0 Å². The van der Waals surface area contributed by atoms with Crippen molar-refractivity contribution >= 4 is 5.97 Å². The zero-order chi connectivity index (χ0) is 11.1. The van der Waals surface area contributed by atoms with Crippen LogP contribution in [0.25, 0.3) is 0 Å². The number of hydrogen-bond donors (Lipinski definition) is 2. The standard InChI is InChI=1S/C11H22N2O2/c12-8-4-7-10(13)11(14)15-9-5-2-1-3-6-9/h9-10H,1-8,12-13H2/t10-/m1/s1. The van der Waals surface area contributed by atoms with E-state index in [1.807, 2.05) is 0 Å². The molecule has 15 heavy (non-hydrogen) atoms. The lowest BCUT2D eigenvalue weighted by molar-refractivity contribution is -0.152. The van der Waals surface area contributed by atoms with Gasteiger partial charge < -0.3 is 16.2 Å². The van der Waals surface area contributed by atoms with E-state index in [-0.39, 0.29) is 12.1 Å². The van der Waals surface area contributed by atoms with Gasteiger partial charge in [-0.2, -0.15) is 0 Å². The number of hydrogen-bond acceptors (Lipinski definition) is 4. The van der Waals surface area contributed by atoms with Gasteiger partial charge >= 0.3 is 5.97 Å². The average Bonchev–Trinajstić information content (AvgIpc) is 2.27. The van der Waals surface area contributed by atoms with Crippen LogP contribution in [0, 0.1) is 0 Å². The van der Waals surface area contributed by atoms with Gasteiger partial charge in [0.2, 0.25) is 0 Å². The van der Waals surface area contributed by atoms with E-state index in [1.165, 1.54) is 6.42 Å². The van der Waals surface area contributed by atoms with Crippen LogP contribution in [0.1, 0.15) is 44.9 Å². The van der Waals surface area contributed by atoms with Crippen LogP contribution in [0.5, 0.6) is 0 Å². The van der Waals surface area contributed by atoms with Crippen LogP contribution in [0.15, 0.2) is 0 Å². The van der Waals surface area contributed by atoms with Crippen LogP contribution in [-0.4, -0.2) is 24.7 Å². The van der Waals surface area contributed by atoms with Crippen LogP contribution in [-0.2, 0) is 9.53 Å². The smallest absolute Gasteiger partial charge is 0.323 e. The molecule has 1 aliphatic rings. The van der Waals surface area contributed by atoms with Crippen molar-refractivity contribution in [2.45, 2.75) is 57.1 Å². The molecule has 4 heteroatoms. The van der Waals surface area contributed by atoms with Crippen molar-refractivity contribution in [2.24, 2.45) is 11.5 Å². The maximum atomic E-state index is 11.5. The summed E-state index contributed by atoms with van der Waals surface area (Å²) in [5.74, 6) is -0.254. The molecule has 0 aliphatic heterocycles. The molecular formula is C11H22N2O2. The Morgan fingerprint density at radius 2 is 2.00 bits per heavy atom. The number of ether oxygens (including phenoxy) is 1. The van der Waals surface area contributed by atoms with Gasteiger partial charge in [-0.15, -0.1) is 0 Å². The Morgan fingerprint density at radius 3 is 2.60 bits per heavy atom. The maximum Gasteiger partial charge on any atom is 0.323 e. The third-order valence-electron chi connectivity index (χ3n) is 2.86. The van der Waals surface area contributed by atoms with Crippen LogP contribution in [0.4, 0.5) is 0 Å². The Kier molecular flexibility index (Phi) is 5.65. The average molecular weight is 214 g/mol. The fourth-order valence-corrected chi connectivity index (χ4v) is 1.89. The molecule has 4 nitrogen and oxygen atoms in total. The van der Waals surface area contributed by atoms with Crippen LogP contribution >= 0.6 is 0 Å². The molecule has 0 aromatic heterocycles. The van der Waals surface area contributed by atoms with Gasteiger partial charge in [0.05, 0.1) is 0 Å². The summed E-state index contributed by atoms with van der Waals surface area (Å²) < 4.78 is 5.35. The highest BCUT2D eigenvalue weighted by atomic mass is 16.5. The summed E-state index contributed by atoms with van der Waals surface area (Å²) in [5, 5.41) is 0. The minimum absolute atomic E-state index is 0.107. The summed E-state index contributed by atoms with van der Waals surface area (Å²) >= 11 is 0. The Morgan fingerprint density at radius 1 is 1.33 bits per heavy atom. The fraction of sp³-hybridized carbons (Fsp3) is 0.909. The summed E-state index contributed by atoms with van der Waals surface area (Å²) in [5.41, 5.74) is 11.0. The monoisotopic (exact) mass is 214 g/mol. The first-order chi connectivity index (χ1) is 7.24. The minimum Gasteiger partial charge on any atom is -0.461 e. The number of carbonyl (C=O) groups is 1. The second kappa shape index (κ2) is 6.80. The van der Waals surface area contributed by atoms with Gasteiger partial charge in [-0.3, -0.25) is 4.79 Å². The Balaban J connectivity index is 2.20. The van der Waals surface area contributed by atoms with Gasteiger partial charge in [0.15, 0.2) is 0 Å². The first kappa shape index (κ1) is 12.5. The van der Waals surface area contributed by atoms with Crippen molar-refractivity contribution < 1.29 is 9.53 Å². The third kappa shape index (κ3) is 4.62. The molecular weight excluding hydrogens is 192 g/mol. The van der Waals surface area contributed by atoms with E-state index in [0.29, 0.717) is 13.0 Å². The molecule has 88 valence electrons. The van der Waals surface area contributed by atoms with E-state index in [4.69, 9.17) is 16.2 Å². The van der Waals surface area contributed by atoms with Gasteiger partial charge in [0, 0.05) is 0 Å². The van der Waals surface area contributed by atoms with Crippen molar-refractivity contribution in [1.82, 2.24) is 0 Å². The highest BCUT2D eigenvalue weighted by Gasteiger charge is 2.21. The van der Waals surface area contributed by atoms with Crippen LogP contribution < -0.4 is 11.5 Å². The molecule has 0 saturated heterocycles. The molecule has 0 heterocycles. The summed E-state index contributed by atoms with van der Waals surface area (Å²) in [7, 11) is 0. The lowest BCUT2D eigenvalue weighted by Crippen LogP contribution is -2.35. The quantitative estimate of drug-likeness (QED) is 0.667. The van der Waals surface area contributed by atoms with E-state index in [0.717, 1.165) is 32.1 Å². The summed E-state index contributed by atoms with van der Waals surface area (Å²) in [6.07, 6.45) is 7.09. The van der Waals surface area contributed by atoms with E-state index in [2.05, 4.69) is 0 Å². The molecule has 4 N–H and O–H groups in total. The summed E-state index contributed by atoms with van der Waals surface area (Å²) in [6.45, 7) is 0.574. The van der Waals surface area contributed by atoms with Gasteiger partial charge in [0.1, 0.15) is 12.1 Å². The number of rotatable bonds is 5. The largest absolute Gasteiger partial charge is 0.461 e. The normalized spacial score (nSPS) is 19.9. The lowest BCUT2D eigenvalue weighted by atomic mass is 9.98. The van der Waals surface area contributed by atoms with E-state index in [1.54, 1.807) is 0 Å². The Hall–Kier alpha value is -0.610. The zero-order valence-corrected chi connectivity index (χ0v) is 9.28. The second-order valence-electron chi connectivity index (χ2n) is 4.23. The SMILES string of the molecule is NCCC[C@@H](N)C(=O)OC1CCCCC1. The summed E-state index contributed by atoms with van der Waals surface area (Å²) in [6, 6.07) is -0.490. The number of carbonyl (C=O) groups excluding carboxylic acids is 1. The van der Waals surface area contributed by atoms with Crippen LogP contribution in [0.2, 0.25) is 0 Å². The summed E-state index contributed by atoms with van der Waals surface area (Å²) in [4.78, 5) is 11.5. The van der Waals surface area contributed by atoms with E-state index in [9.17, 15) is 4.79 Å². The molecule has 0 aromatic carbocycles. The second-order valence-corrected chi connectivity index (χ2v) is 4.23. The van der Waals surface area contributed by atoms with E-state index < -0.39 is 6.04 Å². The molecule has 0 amide bonds. The molecule has 0 radical (unpaired) electrons. The number of esters is 1. The van der Waals surface area contributed by atoms with Gasteiger partial charge in [-0.25, -0.2) is 0 Å². The Bertz CT molecular complexity index is 191. The molecule has 0 bridgehead atoms. The fourth-order valence-electron chi connectivity index (χ4n) is 1.89. The van der Waals surface area contributed by atoms with Crippen LogP contribution in [0.3, 0.4) is 0 Å². The maximum absolute atomic E-state index is 11.5. The highest BCUT2D eigenvalue weighted by molar-refractivity contribution is 5.75. The molecule has 0 aromatic rings. The molecule has 1 atom stereocenters. The predicted octanol–water partition coefficient (Wildman–Crippen LogP) is 0.929. The Labute approximate surface area is 91.3 Å². The zero-order valence-electron chi connectivity index (χ0n) is 9.28. The molecule has 1 aliphatic carbocycles. The highest BCUT2D eigenvalue weighted by Crippen LogP contribution is 2.20. The van der Waals surface area contributed by atoms with Crippen molar-refractivity contribution in [1.29, 1.82) is 0 Å². The predicted molar refractivity (Wildman–Crippen MR) is 59.2 cm³/mol. The van der Waals surface area contributed by atoms with Gasteiger partial charge in [0.25, 0.3) is 0 Å².